The topological polar surface area (TPSA) is 42.0 Å². The standard InChI is InChI=1S/C24H20N2O/c1-2-17-9-8-12-19(15-17)25-24(27)21-16-23(18-10-4-3-5-11-18)26-22-14-7-6-13-20(21)22/h3-16H,2H2,1H3,(H,25,27). The van der Waals surface area contributed by atoms with Gasteiger partial charge in [0.1, 0.15) is 0 Å². The number of aromatic nitrogens is 1. The van der Waals surface area contributed by atoms with E-state index < -0.39 is 0 Å². The van der Waals surface area contributed by atoms with E-state index in [-0.39, 0.29) is 5.91 Å². The lowest BCUT2D eigenvalue weighted by molar-refractivity contribution is 0.102. The highest BCUT2D eigenvalue weighted by atomic mass is 16.1. The Balaban J connectivity index is 1.78. The zero-order valence-electron chi connectivity index (χ0n) is 15.1. The van der Waals surface area contributed by atoms with Crippen molar-refractivity contribution in [1.82, 2.24) is 4.98 Å². The van der Waals surface area contributed by atoms with E-state index >= 15 is 0 Å². The first-order chi connectivity index (χ1) is 13.2. The number of para-hydroxylation sites is 1. The number of carbonyl (C=O) groups is 1. The molecule has 3 aromatic carbocycles. The van der Waals surface area contributed by atoms with Gasteiger partial charge in [-0.2, -0.15) is 0 Å². The normalized spacial score (nSPS) is 10.7. The molecule has 0 saturated carbocycles. The Kier molecular flexibility index (Phi) is 4.67. The number of amides is 1. The first-order valence-electron chi connectivity index (χ1n) is 9.10. The van der Waals surface area contributed by atoms with Crippen LogP contribution >= 0.6 is 0 Å². The average Bonchev–Trinajstić information content (AvgIpc) is 2.73. The van der Waals surface area contributed by atoms with Gasteiger partial charge in [0.25, 0.3) is 5.91 Å². The highest BCUT2D eigenvalue weighted by Crippen LogP contribution is 2.25. The van der Waals surface area contributed by atoms with E-state index in [4.69, 9.17) is 4.98 Å². The number of carbonyl (C=O) groups excluding carboxylic acids is 1. The van der Waals surface area contributed by atoms with Crippen molar-refractivity contribution in [3.05, 3.63) is 96.1 Å². The van der Waals surface area contributed by atoms with Crippen LogP contribution in [-0.4, -0.2) is 10.9 Å². The molecule has 27 heavy (non-hydrogen) atoms. The lowest BCUT2D eigenvalue weighted by Crippen LogP contribution is -2.13. The molecule has 0 bridgehead atoms. The Morgan fingerprint density at radius 1 is 0.889 bits per heavy atom. The van der Waals surface area contributed by atoms with E-state index in [2.05, 4.69) is 18.3 Å². The third-order valence-corrected chi connectivity index (χ3v) is 4.62. The van der Waals surface area contributed by atoms with Crippen LogP contribution in [0.4, 0.5) is 5.69 Å². The van der Waals surface area contributed by atoms with E-state index in [1.165, 1.54) is 5.56 Å². The van der Waals surface area contributed by atoms with Gasteiger partial charge < -0.3 is 5.32 Å². The fourth-order valence-electron chi connectivity index (χ4n) is 3.19. The van der Waals surface area contributed by atoms with Gasteiger partial charge in [0.2, 0.25) is 0 Å². The third kappa shape index (κ3) is 3.58. The molecule has 0 radical (unpaired) electrons. The number of hydrogen-bond acceptors (Lipinski definition) is 2. The van der Waals surface area contributed by atoms with Crippen LogP contribution in [-0.2, 0) is 6.42 Å². The second kappa shape index (κ2) is 7.42. The van der Waals surface area contributed by atoms with Crippen molar-refractivity contribution in [2.45, 2.75) is 13.3 Å². The Bertz CT molecular complexity index is 1100. The molecule has 4 rings (SSSR count). The summed E-state index contributed by atoms with van der Waals surface area (Å²) >= 11 is 0. The maximum Gasteiger partial charge on any atom is 0.256 e. The van der Waals surface area contributed by atoms with Crippen LogP contribution in [0.5, 0.6) is 0 Å². The molecule has 0 aliphatic carbocycles. The highest BCUT2D eigenvalue weighted by Gasteiger charge is 2.14. The minimum Gasteiger partial charge on any atom is -0.322 e. The van der Waals surface area contributed by atoms with Crippen molar-refractivity contribution in [2.24, 2.45) is 0 Å². The summed E-state index contributed by atoms with van der Waals surface area (Å²) in [5.41, 5.74) is 5.22. The Labute approximate surface area is 158 Å². The first-order valence-corrected chi connectivity index (χ1v) is 9.10. The van der Waals surface area contributed by atoms with Crippen molar-refractivity contribution < 1.29 is 4.79 Å². The molecule has 4 aromatic rings. The number of rotatable bonds is 4. The molecule has 1 aromatic heterocycles. The summed E-state index contributed by atoms with van der Waals surface area (Å²) in [6.07, 6.45) is 0.931. The van der Waals surface area contributed by atoms with E-state index in [1.54, 1.807) is 0 Å². The van der Waals surface area contributed by atoms with Crippen LogP contribution in [0.2, 0.25) is 0 Å². The molecule has 1 heterocycles. The number of pyridine rings is 1. The van der Waals surface area contributed by atoms with Gasteiger partial charge in [-0.1, -0.05) is 67.6 Å². The summed E-state index contributed by atoms with van der Waals surface area (Å²) in [4.78, 5) is 17.8. The molecule has 1 amide bonds. The fourth-order valence-corrected chi connectivity index (χ4v) is 3.19. The quantitative estimate of drug-likeness (QED) is 0.510. The van der Waals surface area contributed by atoms with E-state index in [1.807, 2.05) is 78.9 Å². The van der Waals surface area contributed by atoms with Crippen LogP contribution in [0.15, 0.2) is 84.9 Å². The number of hydrogen-bond donors (Lipinski definition) is 1. The lowest BCUT2D eigenvalue weighted by Gasteiger charge is -2.11. The molecule has 132 valence electrons. The second-order valence-electron chi connectivity index (χ2n) is 6.45. The van der Waals surface area contributed by atoms with Gasteiger partial charge in [0.15, 0.2) is 0 Å². The molecule has 0 aliphatic rings. The van der Waals surface area contributed by atoms with Crippen molar-refractivity contribution in [3.63, 3.8) is 0 Å². The number of benzene rings is 3. The molecule has 0 aliphatic heterocycles. The Morgan fingerprint density at radius 2 is 1.67 bits per heavy atom. The van der Waals surface area contributed by atoms with Gasteiger partial charge in [-0.25, -0.2) is 4.98 Å². The predicted octanol–water partition coefficient (Wildman–Crippen LogP) is 5.72. The van der Waals surface area contributed by atoms with E-state index in [0.29, 0.717) is 5.56 Å². The summed E-state index contributed by atoms with van der Waals surface area (Å²) in [7, 11) is 0. The predicted molar refractivity (Wildman–Crippen MR) is 111 cm³/mol. The van der Waals surface area contributed by atoms with Crippen molar-refractivity contribution in [2.75, 3.05) is 5.32 Å². The minimum atomic E-state index is -0.126. The maximum atomic E-state index is 13.1. The SMILES string of the molecule is CCc1cccc(NC(=O)c2cc(-c3ccccc3)nc3ccccc23)c1. The molecule has 3 heteroatoms. The second-order valence-corrected chi connectivity index (χ2v) is 6.45. The van der Waals surface area contributed by atoms with Crippen molar-refractivity contribution in [1.29, 1.82) is 0 Å². The Hall–Kier alpha value is -3.46. The van der Waals surface area contributed by atoms with Crippen molar-refractivity contribution >= 4 is 22.5 Å². The average molecular weight is 352 g/mol. The van der Waals surface area contributed by atoms with Crippen molar-refractivity contribution in [3.8, 4) is 11.3 Å². The summed E-state index contributed by atoms with van der Waals surface area (Å²) in [5, 5.41) is 3.89. The van der Waals surface area contributed by atoms with Gasteiger partial charge in [-0.3, -0.25) is 4.79 Å². The monoisotopic (exact) mass is 352 g/mol. The van der Waals surface area contributed by atoms with Crippen LogP contribution in [0.3, 0.4) is 0 Å². The first kappa shape index (κ1) is 17.0. The third-order valence-electron chi connectivity index (χ3n) is 4.62. The van der Waals surface area contributed by atoms with Crippen LogP contribution in [0, 0.1) is 0 Å². The number of fused-ring (bicyclic) bond motifs is 1. The molecular weight excluding hydrogens is 332 g/mol. The fraction of sp³-hybridized carbons (Fsp3) is 0.0833. The number of nitrogens with one attached hydrogen (secondary N) is 1. The Morgan fingerprint density at radius 3 is 2.48 bits per heavy atom. The lowest BCUT2D eigenvalue weighted by atomic mass is 10.0. The molecular formula is C24H20N2O. The van der Waals surface area contributed by atoms with E-state index in [9.17, 15) is 4.79 Å². The van der Waals surface area contributed by atoms with Crippen LogP contribution < -0.4 is 5.32 Å². The summed E-state index contributed by atoms with van der Waals surface area (Å²) in [6.45, 7) is 2.10. The molecule has 0 saturated heterocycles. The molecule has 1 N–H and O–H groups in total. The van der Waals surface area contributed by atoms with Gasteiger partial charge in [-0.05, 0) is 36.2 Å². The van der Waals surface area contributed by atoms with Gasteiger partial charge in [0.05, 0.1) is 16.8 Å². The molecule has 3 nitrogen and oxygen atoms in total. The van der Waals surface area contributed by atoms with E-state index in [0.717, 1.165) is 34.3 Å². The molecule has 0 spiro atoms. The zero-order valence-corrected chi connectivity index (χ0v) is 15.1. The van der Waals surface area contributed by atoms with Crippen LogP contribution in [0.1, 0.15) is 22.8 Å². The largest absolute Gasteiger partial charge is 0.322 e. The summed E-state index contributed by atoms with van der Waals surface area (Å²) < 4.78 is 0. The molecule has 0 atom stereocenters. The number of aryl methyl sites for hydroxylation is 1. The molecule has 0 fully saturated rings. The smallest absolute Gasteiger partial charge is 0.256 e. The number of nitrogens with zero attached hydrogens (tertiary/aromatic N) is 1. The van der Waals surface area contributed by atoms with Crippen LogP contribution in [0.25, 0.3) is 22.2 Å². The highest BCUT2D eigenvalue weighted by molar-refractivity contribution is 6.13. The van der Waals surface area contributed by atoms with Gasteiger partial charge in [-0.15, -0.1) is 0 Å². The minimum absolute atomic E-state index is 0.126. The summed E-state index contributed by atoms with van der Waals surface area (Å²) in [6, 6.07) is 27.5. The number of anilines is 1. The van der Waals surface area contributed by atoms with Gasteiger partial charge >= 0.3 is 0 Å². The molecule has 0 unspecified atom stereocenters. The summed E-state index contributed by atoms with van der Waals surface area (Å²) in [5.74, 6) is -0.126. The maximum absolute atomic E-state index is 13.1. The zero-order chi connectivity index (χ0) is 18.6. The van der Waals surface area contributed by atoms with Gasteiger partial charge in [0, 0.05) is 16.6 Å².